The molecule has 1 fully saturated rings. The topological polar surface area (TPSA) is 52.5 Å². The van der Waals surface area contributed by atoms with E-state index in [9.17, 15) is 10.2 Å². The van der Waals surface area contributed by atoms with E-state index in [1.807, 2.05) is 0 Å². The first kappa shape index (κ1) is 12.4. The molecule has 3 heteroatoms. The second-order valence-electron chi connectivity index (χ2n) is 5.02. The molecule has 1 aliphatic rings. The zero-order chi connectivity index (χ0) is 12.3. The van der Waals surface area contributed by atoms with Gasteiger partial charge in [0.2, 0.25) is 0 Å². The van der Waals surface area contributed by atoms with Gasteiger partial charge in [0, 0.05) is 12.1 Å². The highest BCUT2D eigenvalue weighted by molar-refractivity contribution is 5.27. The highest BCUT2D eigenvalue weighted by Crippen LogP contribution is 2.39. The summed E-state index contributed by atoms with van der Waals surface area (Å²) >= 11 is 0. The minimum absolute atomic E-state index is 0.235. The lowest BCUT2D eigenvalue weighted by atomic mass is 10.1. The van der Waals surface area contributed by atoms with Gasteiger partial charge >= 0.3 is 0 Å². The molecule has 0 saturated heterocycles. The van der Waals surface area contributed by atoms with Crippen molar-refractivity contribution in [1.82, 2.24) is 5.32 Å². The lowest BCUT2D eigenvalue weighted by molar-refractivity contribution is 0.166. The molecule has 0 radical (unpaired) electrons. The fraction of sp³-hybridized carbons (Fsp3) is 0.571. The van der Waals surface area contributed by atoms with Crippen LogP contribution >= 0.6 is 0 Å². The average molecular weight is 235 g/mol. The van der Waals surface area contributed by atoms with E-state index in [4.69, 9.17) is 0 Å². The molecule has 1 aliphatic carbocycles. The molecule has 0 aliphatic heterocycles. The first-order chi connectivity index (χ1) is 8.15. The number of hydrogen-bond acceptors (Lipinski definition) is 3. The Morgan fingerprint density at radius 1 is 1.29 bits per heavy atom. The molecule has 0 bridgehead atoms. The monoisotopic (exact) mass is 235 g/mol. The van der Waals surface area contributed by atoms with E-state index in [1.165, 1.54) is 25.7 Å². The van der Waals surface area contributed by atoms with E-state index >= 15 is 0 Å². The van der Waals surface area contributed by atoms with Crippen molar-refractivity contribution in [3.63, 3.8) is 0 Å². The van der Waals surface area contributed by atoms with Gasteiger partial charge in [0.15, 0.2) is 0 Å². The van der Waals surface area contributed by atoms with Crippen molar-refractivity contribution in [3.8, 4) is 5.75 Å². The fourth-order valence-corrected chi connectivity index (χ4v) is 2.27. The highest BCUT2D eigenvalue weighted by atomic mass is 16.3. The van der Waals surface area contributed by atoms with Crippen LogP contribution in [0.1, 0.15) is 44.3 Å². The number of rotatable bonds is 6. The number of β-amino-alcohol motifs (C(OH)–C–C–N with tert-alkyl or cyclic N) is 1. The maximum absolute atomic E-state index is 10.0. The van der Waals surface area contributed by atoms with E-state index in [1.54, 1.807) is 24.3 Å². The molecule has 0 heterocycles. The minimum atomic E-state index is -0.495. The Morgan fingerprint density at radius 2 is 1.94 bits per heavy atom. The quantitative estimate of drug-likeness (QED) is 0.709. The maximum Gasteiger partial charge on any atom is 0.115 e. The Kier molecular flexibility index (Phi) is 3.69. The van der Waals surface area contributed by atoms with Crippen LogP contribution in [0.5, 0.6) is 5.75 Å². The lowest BCUT2D eigenvalue weighted by Gasteiger charge is -2.19. The van der Waals surface area contributed by atoms with Gasteiger partial charge in [-0.3, -0.25) is 0 Å². The molecule has 0 aromatic heterocycles. The summed E-state index contributed by atoms with van der Waals surface area (Å²) in [5.74, 6) is 0.235. The van der Waals surface area contributed by atoms with Crippen LogP contribution < -0.4 is 5.32 Å². The number of hydrogen-bond donors (Lipinski definition) is 3. The Morgan fingerprint density at radius 3 is 2.47 bits per heavy atom. The summed E-state index contributed by atoms with van der Waals surface area (Å²) in [6.45, 7) is 2.78. The van der Waals surface area contributed by atoms with Crippen molar-refractivity contribution in [2.24, 2.45) is 0 Å². The van der Waals surface area contributed by atoms with Crippen LogP contribution in [0, 0.1) is 0 Å². The van der Waals surface area contributed by atoms with Gasteiger partial charge in [-0.05, 0) is 37.0 Å². The second kappa shape index (κ2) is 5.07. The summed E-state index contributed by atoms with van der Waals surface area (Å²) in [5, 5.41) is 22.7. The van der Waals surface area contributed by atoms with Gasteiger partial charge in [-0.15, -0.1) is 0 Å². The number of aliphatic hydroxyl groups excluding tert-OH is 1. The SMILES string of the molecule is CCCC1(NC[C@H](O)c2ccc(O)cc2)CC1. The minimum Gasteiger partial charge on any atom is -0.508 e. The Bertz CT molecular complexity index is 357. The average Bonchev–Trinajstić information content (AvgIpc) is 3.08. The van der Waals surface area contributed by atoms with Crippen molar-refractivity contribution >= 4 is 0 Å². The predicted octanol–water partition coefficient (Wildman–Crippen LogP) is 2.35. The zero-order valence-electron chi connectivity index (χ0n) is 10.3. The molecule has 1 atom stereocenters. The van der Waals surface area contributed by atoms with E-state index in [0.29, 0.717) is 12.1 Å². The van der Waals surface area contributed by atoms with Crippen LogP contribution in [0.4, 0.5) is 0 Å². The molecule has 0 spiro atoms. The smallest absolute Gasteiger partial charge is 0.115 e. The third-order valence-electron chi connectivity index (χ3n) is 3.53. The van der Waals surface area contributed by atoms with Gasteiger partial charge in [-0.25, -0.2) is 0 Å². The van der Waals surface area contributed by atoms with Crippen LogP contribution in [-0.2, 0) is 0 Å². The molecule has 0 unspecified atom stereocenters. The highest BCUT2D eigenvalue weighted by Gasteiger charge is 2.41. The van der Waals surface area contributed by atoms with Crippen LogP contribution in [0.15, 0.2) is 24.3 Å². The van der Waals surface area contributed by atoms with Gasteiger partial charge in [-0.1, -0.05) is 25.5 Å². The van der Waals surface area contributed by atoms with Crippen LogP contribution in [0.25, 0.3) is 0 Å². The van der Waals surface area contributed by atoms with Crippen molar-refractivity contribution in [3.05, 3.63) is 29.8 Å². The van der Waals surface area contributed by atoms with Gasteiger partial charge in [0.1, 0.15) is 5.75 Å². The molecular formula is C14H21NO2. The predicted molar refractivity (Wildman–Crippen MR) is 67.9 cm³/mol. The molecule has 1 aromatic carbocycles. The van der Waals surface area contributed by atoms with Crippen LogP contribution in [0.2, 0.25) is 0 Å². The van der Waals surface area contributed by atoms with Gasteiger partial charge in [0.05, 0.1) is 6.10 Å². The number of aromatic hydroxyl groups is 1. The normalized spacial score (nSPS) is 18.9. The largest absolute Gasteiger partial charge is 0.508 e. The summed E-state index contributed by atoms with van der Waals surface area (Å²) in [4.78, 5) is 0. The van der Waals surface area contributed by atoms with Gasteiger partial charge in [0.25, 0.3) is 0 Å². The second-order valence-corrected chi connectivity index (χ2v) is 5.02. The zero-order valence-corrected chi connectivity index (χ0v) is 10.3. The fourth-order valence-electron chi connectivity index (χ4n) is 2.27. The lowest BCUT2D eigenvalue weighted by Crippen LogP contribution is -2.34. The molecule has 17 heavy (non-hydrogen) atoms. The third-order valence-corrected chi connectivity index (χ3v) is 3.53. The molecule has 0 amide bonds. The van der Waals surface area contributed by atoms with E-state index in [-0.39, 0.29) is 5.75 Å². The first-order valence-electron chi connectivity index (χ1n) is 6.37. The molecule has 1 saturated carbocycles. The Labute approximate surface area is 102 Å². The third kappa shape index (κ3) is 3.20. The van der Waals surface area contributed by atoms with Gasteiger partial charge < -0.3 is 15.5 Å². The van der Waals surface area contributed by atoms with Gasteiger partial charge in [-0.2, -0.15) is 0 Å². The molecule has 1 aromatic rings. The summed E-state index contributed by atoms with van der Waals surface area (Å²) in [6, 6.07) is 6.75. The summed E-state index contributed by atoms with van der Waals surface area (Å²) in [6.07, 6.45) is 4.33. The number of benzene rings is 1. The van der Waals surface area contributed by atoms with Crippen LogP contribution in [-0.4, -0.2) is 22.3 Å². The van der Waals surface area contributed by atoms with Crippen molar-refractivity contribution in [2.45, 2.75) is 44.2 Å². The number of phenolic OH excluding ortho intramolecular Hbond substituents is 1. The number of aliphatic hydroxyl groups is 1. The molecule has 94 valence electrons. The summed E-state index contributed by atoms with van der Waals surface area (Å²) in [7, 11) is 0. The molecule has 2 rings (SSSR count). The van der Waals surface area contributed by atoms with Crippen molar-refractivity contribution < 1.29 is 10.2 Å². The molecule has 3 N–H and O–H groups in total. The van der Waals surface area contributed by atoms with Crippen molar-refractivity contribution in [1.29, 1.82) is 0 Å². The van der Waals surface area contributed by atoms with E-state index in [0.717, 1.165) is 5.56 Å². The van der Waals surface area contributed by atoms with E-state index < -0.39 is 6.10 Å². The number of nitrogens with one attached hydrogen (secondary N) is 1. The first-order valence-corrected chi connectivity index (χ1v) is 6.37. The standard InChI is InChI=1S/C14H21NO2/c1-2-7-14(8-9-14)15-10-13(17)11-3-5-12(16)6-4-11/h3-6,13,15-17H,2,7-10H2,1H3/t13-/m0/s1. The van der Waals surface area contributed by atoms with E-state index in [2.05, 4.69) is 12.2 Å². The summed E-state index contributed by atoms with van der Waals surface area (Å²) in [5.41, 5.74) is 1.15. The molecular weight excluding hydrogens is 214 g/mol. The maximum atomic E-state index is 10.0. The Balaban J connectivity index is 1.85. The molecule has 3 nitrogen and oxygen atoms in total. The van der Waals surface area contributed by atoms with Crippen molar-refractivity contribution in [2.75, 3.05) is 6.54 Å². The summed E-state index contributed by atoms with van der Waals surface area (Å²) < 4.78 is 0. The van der Waals surface area contributed by atoms with Crippen LogP contribution in [0.3, 0.4) is 0 Å². The Hall–Kier alpha value is -1.06. The number of phenols is 1.